The summed E-state index contributed by atoms with van der Waals surface area (Å²) in [6.45, 7) is 7.83. The van der Waals surface area contributed by atoms with E-state index in [1.165, 1.54) is 0 Å². The number of rotatable bonds is 3. The SMILES string of the molecule is CNc1nnc(CN2CCOC(C)(C)C2)s1. The summed E-state index contributed by atoms with van der Waals surface area (Å²) in [5, 5.41) is 13.1. The molecule has 5 nitrogen and oxygen atoms in total. The maximum absolute atomic E-state index is 5.67. The van der Waals surface area contributed by atoms with Crippen molar-refractivity contribution in [1.29, 1.82) is 0 Å². The molecule has 0 aliphatic carbocycles. The fourth-order valence-corrected chi connectivity index (χ4v) is 2.59. The molecule has 2 rings (SSSR count). The number of nitrogens with zero attached hydrogens (tertiary/aromatic N) is 3. The van der Waals surface area contributed by atoms with Gasteiger partial charge in [-0.2, -0.15) is 0 Å². The first kappa shape index (κ1) is 11.8. The Morgan fingerprint density at radius 2 is 2.31 bits per heavy atom. The Morgan fingerprint density at radius 1 is 1.50 bits per heavy atom. The van der Waals surface area contributed by atoms with Crippen molar-refractivity contribution < 1.29 is 4.74 Å². The molecule has 1 aliphatic rings. The molecule has 0 unspecified atom stereocenters. The molecule has 0 atom stereocenters. The molecule has 1 aliphatic heterocycles. The Hall–Kier alpha value is -0.720. The van der Waals surface area contributed by atoms with Crippen molar-refractivity contribution in [2.75, 3.05) is 32.1 Å². The van der Waals surface area contributed by atoms with Gasteiger partial charge in [0.2, 0.25) is 5.13 Å². The molecule has 0 amide bonds. The van der Waals surface area contributed by atoms with Crippen LogP contribution in [0.3, 0.4) is 0 Å². The monoisotopic (exact) mass is 242 g/mol. The molecule has 1 N–H and O–H groups in total. The van der Waals surface area contributed by atoms with Crippen LogP contribution in [0.5, 0.6) is 0 Å². The summed E-state index contributed by atoms with van der Waals surface area (Å²) in [5.41, 5.74) is -0.0469. The molecule has 2 heterocycles. The predicted molar refractivity (Wildman–Crippen MR) is 64.8 cm³/mol. The van der Waals surface area contributed by atoms with Gasteiger partial charge in [0.05, 0.1) is 18.8 Å². The molecule has 1 aromatic rings. The van der Waals surface area contributed by atoms with E-state index in [4.69, 9.17) is 4.74 Å². The van der Waals surface area contributed by atoms with Gasteiger partial charge in [-0.3, -0.25) is 4.90 Å². The molecule has 90 valence electrons. The van der Waals surface area contributed by atoms with Crippen LogP contribution in [0.1, 0.15) is 18.9 Å². The van der Waals surface area contributed by atoms with Gasteiger partial charge >= 0.3 is 0 Å². The zero-order valence-electron chi connectivity index (χ0n) is 9.99. The lowest BCUT2D eigenvalue weighted by Gasteiger charge is -2.37. The van der Waals surface area contributed by atoms with E-state index in [0.29, 0.717) is 0 Å². The lowest BCUT2D eigenvalue weighted by atomic mass is 10.1. The summed E-state index contributed by atoms with van der Waals surface area (Å²) >= 11 is 1.61. The molecule has 1 aromatic heterocycles. The summed E-state index contributed by atoms with van der Waals surface area (Å²) in [6.07, 6.45) is 0. The zero-order chi connectivity index (χ0) is 11.6. The molecular formula is C10H18N4OS. The lowest BCUT2D eigenvalue weighted by Crippen LogP contribution is -2.47. The Bertz CT molecular complexity index is 352. The second-order valence-electron chi connectivity index (χ2n) is 4.57. The third kappa shape index (κ3) is 2.90. The smallest absolute Gasteiger partial charge is 0.205 e. The second-order valence-corrected chi connectivity index (χ2v) is 5.63. The highest BCUT2D eigenvalue weighted by Gasteiger charge is 2.27. The first-order chi connectivity index (χ1) is 7.59. The van der Waals surface area contributed by atoms with Crippen LogP contribution < -0.4 is 5.32 Å². The highest BCUT2D eigenvalue weighted by molar-refractivity contribution is 7.15. The van der Waals surface area contributed by atoms with Crippen molar-refractivity contribution in [3.05, 3.63) is 5.01 Å². The fraction of sp³-hybridized carbons (Fsp3) is 0.800. The van der Waals surface area contributed by atoms with Gasteiger partial charge in [-0.05, 0) is 13.8 Å². The molecule has 1 saturated heterocycles. The van der Waals surface area contributed by atoms with Crippen LogP contribution in [-0.2, 0) is 11.3 Å². The molecule has 16 heavy (non-hydrogen) atoms. The molecule has 0 bridgehead atoms. The lowest BCUT2D eigenvalue weighted by molar-refractivity contribution is -0.0883. The number of hydrogen-bond donors (Lipinski definition) is 1. The fourth-order valence-electron chi connectivity index (χ4n) is 1.86. The zero-order valence-corrected chi connectivity index (χ0v) is 10.8. The molecule has 1 fully saturated rings. The van der Waals surface area contributed by atoms with E-state index < -0.39 is 0 Å². The molecule has 0 radical (unpaired) electrons. The first-order valence-corrected chi connectivity index (χ1v) is 6.27. The van der Waals surface area contributed by atoms with Crippen molar-refractivity contribution in [3.63, 3.8) is 0 Å². The Balaban J connectivity index is 1.94. The van der Waals surface area contributed by atoms with E-state index >= 15 is 0 Å². The summed E-state index contributed by atoms with van der Waals surface area (Å²) in [5.74, 6) is 0. The van der Waals surface area contributed by atoms with Crippen LogP contribution in [0, 0.1) is 0 Å². The van der Waals surface area contributed by atoms with E-state index in [2.05, 4.69) is 34.3 Å². The van der Waals surface area contributed by atoms with Crippen molar-refractivity contribution in [3.8, 4) is 0 Å². The van der Waals surface area contributed by atoms with E-state index in [1.54, 1.807) is 11.3 Å². The molecule has 6 heteroatoms. The maximum Gasteiger partial charge on any atom is 0.205 e. The van der Waals surface area contributed by atoms with Crippen molar-refractivity contribution in [1.82, 2.24) is 15.1 Å². The number of morpholine rings is 1. The average molecular weight is 242 g/mol. The van der Waals surface area contributed by atoms with Gasteiger partial charge in [-0.1, -0.05) is 11.3 Å². The predicted octanol–water partition coefficient (Wildman–Crippen LogP) is 1.19. The van der Waals surface area contributed by atoms with Crippen LogP contribution in [0.25, 0.3) is 0 Å². The van der Waals surface area contributed by atoms with E-state index in [0.717, 1.165) is 36.4 Å². The van der Waals surface area contributed by atoms with Crippen molar-refractivity contribution >= 4 is 16.5 Å². The minimum Gasteiger partial charge on any atom is -0.373 e. The maximum atomic E-state index is 5.67. The second kappa shape index (κ2) is 4.65. The minimum atomic E-state index is -0.0469. The van der Waals surface area contributed by atoms with Crippen LogP contribution in [0.2, 0.25) is 0 Å². The summed E-state index contributed by atoms with van der Waals surface area (Å²) in [7, 11) is 1.86. The standard InChI is InChI=1S/C10H18N4OS/c1-10(2)7-14(4-5-15-10)6-8-12-13-9(11-3)16-8/h4-7H2,1-3H3,(H,11,13). The van der Waals surface area contributed by atoms with Crippen LogP contribution in [0.15, 0.2) is 0 Å². The van der Waals surface area contributed by atoms with Crippen LogP contribution in [0.4, 0.5) is 5.13 Å². The first-order valence-electron chi connectivity index (χ1n) is 5.45. The molecular weight excluding hydrogens is 224 g/mol. The van der Waals surface area contributed by atoms with Crippen LogP contribution in [-0.4, -0.2) is 47.4 Å². The Labute approximate surface area is 99.8 Å². The average Bonchev–Trinajstić information content (AvgIpc) is 2.64. The highest BCUT2D eigenvalue weighted by Crippen LogP contribution is 2.21. The Kier molecular flexibility index (Phi) is 3.41. The van der Waals surface area contributed by atoms with Crippen molar-refractivity contribution in [2.24, 2.45) is 0 Å². The van der Waals surface area contributed by atoms with Gasteiger partial charge in [0.1, 0.15) is 5.01 Å². The van der Waals surface area contributed by atoms with Crippen molar-refractivity contribution in [2.45, 2.75) is 26.0 Å². The van der Waals surface area contributed by atoms with E-state index in [9.17, 15) is 0 Å². The number of anilines is 1. The summed E-state index contributed by atoms with van der Waals surface area (Å²) in [6, 6.07) is 0. The molecule has 0 aromatic carbocycles. The van der Waals surface area contributed by atoms with E-state index in [-0.39, 0.29) is 5.60 Å². The number of hydrogen-bond acceptors (Lipinski definition) is 6. The van der Waals surface area contributed by atoms with Gasteiger partial charge in [0.25, 0.3) is 0 Å². The molecule has 0 saturated carbocycles. The topological polar surface area (TPSA) is 50.3 Å². The van der Waals surface area contributed by atoms with E-state index in [1.807, 2.05) is 7.05 Å². The van der Waals surface area contributed by atoms with Gasteiger partial charge in [-0.15, -0.1) is 10.2 Å². The third-order valence-corrected chi connectivity index (χ3v) is 3.47. The number of aromatic nitrogens is 2. The van der Waals surface area contributed by atoms with Crippen LogP contribution >= 0.6 is 11.3 Å². The minimum absolute atomic E-state index is 0.0469. The quantitative estimate of drug-likeness (QED) is 0.863. The summed E-state index contributed by atoms with van der Waals surface area (Å²) in [4.78, 5) is 2.36. The number of nitrogens with one attached hydrogen (secondary N) is 1. The normalized spacial score (nSPS) is 20.9. The Morgan fingerprint density at radius 3 is 2.94 bits per heavy atom. The largest absolute Gasteiger partial charge is 0.373 e. The van der Waals surface area contributed by atoms with Gasteiger partial charge in [0, 0.05) is 20.1 Å². The van der Waals surface area contributed by atoms with Gasteiger partial charge < -0.3 is 10.1 Å². The molecule has 0 spiro atoms. The third-order valence-electron chi connectivity index (χ3n) is 2.54. The highest BCUT2D eigenvalue weighted by atomic mass is 32.1. The van der Waals surface area contributed by atoms with Gasteiger partial charge in [-0.25, -0.2) is 0 Å². The summed E-state index contributed by atoms with van der Waals surface area (Å²) < 4.78 is 5.67. The van der Waals surface area contributed by atoms with Gasteiger partial charge in [0.15, 0.2) is 0 Å². The number of ether oxygens (including phenoxy) is 1.